The smallest absolute Gasteiger partial charge is 0.0452 e. The maximum absolute atomic E-state index is 11.0. The summed E-state index contributed by atoms with van der Waals surface area (Å²) in [6.45, 7) is 0.375. The quantitative estimate of drug-likeness (QED) is 0.187. The van der Waals surface area contributed by atoms with Gasteiger partial charge in [-0.3, -0.25) is 0 Å². The third-order valence-electron chi connectivity index (χ3n) is 2.58. The van der Waals surface area contributed by atoms with Gasteiger partial charge in [0.2, 0.25) is 0 Å². The van der Waals surface area contributed by atoms with E-state index in [1.807, 2.05) is 0 Å². The molecular weight excluding hydrogens is 399 g/mol. The Balaban J connectivity index is 0. The maximum Gasteiger partial charge on any atom is 0.0452 e. The molecule has 0 fully saturated rings. The minimum atomic E-state index is -4.92. The van der Waals surface area contributed by atoms with Crippen LogP contribution in [0.15, 0.2) is 17.0 Å². The average Bonchev–Trinajstić information content (AvgIpc) is 2.55. The molecule has 0 aliphatic carbocycles. The average molecular weight is 420 g/mol. The molecule has 0 heterocycles. The van der Waals surface area contributed by atoms with Crippen LogP contribution in [0.25, 0.3) is 0 Å². The molecule has 0 saturated carbocycles. The van der Waals surface area contributed by atoms with Crippen LogP contribution in [0.5, 0.6) is 0 Å². The molecule has 11 nitrogen and oxygen atoms in total. The predicted molar refractivity (Wildman–Crippen MR) is 93.1 cm³/mol. The minimum Gasteiger partial charge on any atom is -0.396 e. The monoisotopic (exact) mass is 420 g/mol. The number of rotatable bonds is 7. The van der Waals surface area contributed by atoms with Crippen molar-refractivity contribution in [2.75, 3.05) is 26.4 Å². The number of hydrogen-bond acceptors (Lipinski definition) is 8. The molecule has 0 aliphatic rings. The summed E-state index contributed by atoms with van der Waals surface area (Å²) in [4.78, 5) is 20.6. The van der Waals surface area contributed by atoms with Gasteiger partial charge in [0.1, 0.15) is 0 Å². The first-order valence-electron chi connectivity index (χ1n) is 7.50. The number of carbonyl (C=O) groups is 2. The summed E-state index contributed by atoms with van der Waals surface area (Å²) < 4.78 is 31.4. The van der Waals surface area contributed by atoms with Gasteiger partial charge in [-0.1, -0.05) is 0 Å². The first-order chi connectivity index (χ1) is 12.5. The van der Waals surface area contributed by atoms with Crippen LogP contribution in [0.2, 0.25) is 0 Å². The zero-order valence-corrected chi connectivity index (χ0v) is 17.4. The van der Waals surface area contributed by atoms with Gasteiger partial charge >= 0.3 is 114 Å². The van der Waals surface area contributed by atoms with Crippen molar-refractivity contribution in [3.63, 3.8) is 0 Å². The molecule has 13 heteroatoms. The van der Waals surface area contributed by atoms with Gasteiger partial charge in [0.05, 0.1) is 0 Å². The summed E-state index contributed by atoms with van der Waals surface area (Å²) in [5, 5.41) is 49.2. The minimum absolute atomic E-state index is 0.0938. The summed E-state index contributed by atoms with van der Waals surface area (Å²) in [5.41, 5.74) is -1.48. The molecule has 0 amide bonds. The SMILES string of the molecule is O=C(O)c1c[c]([Na])cc(C(=O)O)c1S(=O)(=O)O.OCCCO.OCCCO. The van der Waals surface area contributed by atoms with E-state index in [4.69, 9.17) is 35.2 Å². The molecule has 7 N–H and O–H groups in total. The third-order valence-corrected chi connectivity index (χ3v) is 4.12. The van der Waals surface area contributed by atoms with Crippen LogP contribution in [-0.2, 0) is 10.1 Å². The zero-order valence-electron chi connectivity index (χ0n) is 14.6. The Bertz CT molecular complexity index is 658. The summed E-state index contributed by atoms with van der Waals surface area (Å²) in [6, 6.07) is 2.06. The predicted octanol–water partition coefficient (Wildman–Crippen LogP) is -2.15. The summed E-state index contributed by atoms with van der Waals surface area (Å²) in [6.07, 6.45) is 1.00. The molecule has 0 saturated heterocycles. The van der Waals surface area contributed by atoms with Gasteiger partial charge < -0.3 is 20.4 Å². The van der Waals surface area contributed by atoms with Crippen molar-refractivity contribution < 1.29 is 53.2 Å². The molecule has 0 spiro atoms. The van der Waals surface area contributed by atoms with Crippen molar-refractivity contribution in [2.24, 2.45) is 0 Å². The standard InChI is InChI=1S/C8H5O7S.2C3H8O2.Na/c9-7(10)4-2-1-3-5(8(11)12)6(4)16(13,14)15;2*4-2-1-3-5;/h2-3H,(H,9,10)(H,11,12)(H,13,14,15);2*4-5H,1-3H2;. The second-order valence-electron chi connectivity index (χ2n) is 4.88. The van der Waals surface area contributed by atoms with Gasteiger partial charge in [0, 0.05) is 26.4 Å². The number of aliphatic hydroxyl groups is 4. The van der Waals surface area contributed by atoms with Crippen LogP contribution >= 0.6 is 0 Å². The maximum atomic E-state index is 11.0. The molecule has 0 atom stereocenters. The Morgan fingerprint density at radius 2 is 1.11 bits per heavy atom. The van der Waals surface area contributed by atoms with E-state index in [1.54, 1.807) is 0 Å². The molecule has 1 rings (SSSR count). The molecule has 0 aliphatic heterocycles. The molecule has 1 aromatic carbocycles. The van der Waals surface area contributed by atoms with E-state index < -0.39 is 38.1 Å². The van der Waals surface area contributed by atoms with E-state index in [2.05, 4.69) is 0 Å². The third kappa shape index (κ3) is 12.1. The number of benzene rings is 1. The number of aliphatic hydroxyl groups excluding tert-OH is 4. The van der Waals surface area contributed by atoms with E-state index in [0.717, 1.165) is 12.1 Å². The van der Waals surface area contributed by atoms with Crippen molar-refractivity contribution >= 4 is 52.8 Å². The van der Waals surface area contributed by atoms with E-state index in [1.165, 1.54) is 0 Å². The van der Waals surface area contributed by atoms with Crippen LogP contribution in [0.1, 0.15) is 33.6 Å². The van der Waals surface area contributed by atoms with Gasteiger partial charge in [-0.2, -0.15) is 0 Å². The Morgan fingerprint density at radius 1 is 0.815 bits per heavy atom. The summed E-state index contributed by atoms with van der Waals surface area (Å²) >= 11 is 0.344. The van der Waals surface area contributed by atoms with Gasteiger partial charge in [0.25, 0.3) is 0 Å². The first-order valence-corrected chi connectivity index (χ1v) is 9.94. The van der Waals surface area contributed by atoms with Gasteiger partial charge in [-0.15, -0.1) is 0 Å². The second kappa shape index (κ2) is 14.9. The van der Waals surface area contributed by atoms with Crippen LogP contribution in [0.3, 0.4) is 0 Å². The Morgan fingerprint density at radius 3 is 1.26 bits per heavy atom. The number of carboxylic acid groups (broad SMARTS) is 2. The van der Waals surface area contributed by atoms with Crippen LogP contribution in [0, 0.1) is 0 Å². The van der Waals surface area contributed by atoms with Crippen molar-refractivity contribution in [3.8, 4) is 0 Å². The van der Waals surface area contributed by atoms with Gasteiger partial charge in [-0.25, -0.2) is 0 Å². The Labute approximate surface area is 173 Å². The molecule has 150 valence electrons. The molecule has 0 unspecified atom stereocenters. The molecule has 0 aromatic heterocycles. The van der Waals surface area contributed by atoms with E-state index in [9.17, 15) is 18.0 Å². The van der Waals surface area contributed by atoms with E-state index >= 15 is 0 Å². The number of carboxylic acids is 2. The Kier molecular flexibility index (Phi) is 15.5. The first kappa shape index (κ1) is 28.1. The molecular formula is C14H21NaO11S. The molecule has 0 radical (unpaired) electrons. The fourth-order valence-corrected chi connectivity index (χ4v) is 2.94. The van der Waals surface area contributed by atoms with Gasteiger partial charge in [-0.05, 0) is 12.8 Å². The van der Waals surface area contributed by atoms with Crippen molar-refractivity contribution in [1.29, 1.82) is 0 Å². The normalized spacial score (nSPS) is 10.2. The van der Waals surface area contributed by atoms with Crippen LogP contribution < -0.4 is 2.81 Å². The van der Waals surface area contributed by atoms with E-state index in [-0.39, 0.29) is 26.4 Å². The molecule has 27 heavy (non-hydrogen) atoms. The van der Waals surface area contributed by atoms with Crippen molar-refractivity contribution in [2.45, 2.75) is 17.7 Å². The topological polar surface area (TPSA) is 210 Å². The summed E-state index contributed by atoms with van der Waals surface area (Å²) in [7, 11) is -4.92. The largest absolute Gasteiger partial charge is 0.396 e. The zero-order chi connectivity index (χ0) is 21.6. The fraction of sp³-hybridized carbons (Fsp3) is 0.429. The van der Waals surface area contributed by atoms with E-state index in [0.29, 0.717) is 43.6 Å². The fourth-order valence-electron chi connectivity index (χ4n) is 1.51. The van der Waals surface area contributed by atoms with Crippen LogP contribution in [-0.4, -0.2) is 110 Å². The molecule has 0 bridgehead atoms. The number of aromatic carboxylic acids is 2. The summed E-state index contributed by atoms with van der Waals surface area (Å²) in [5.74, 6) is -3.23. The van der Waals surface area contributed by atoms with Crippen molar-refractivity contribution in [1.82, 2.24) is 0 Å². The van der Waals surface area contributed by atoms with Gasteiger partial charge in [0.15, 0.2) is 0 Å². The number of hydrogen-bond donors (Lipinski definition) is 7. The Hall–Kier alpha value is -1.09. The second-order valence-corrected chi connectivity index (χ2v) is 7.39. The van der Waals surface area contributed by atoms with Crippen molar-refractivity contribution in [3.05, 3.63) is 23.3 Å². The van der Waals surface area contributed by atoms with Crippen LogP contribution in [0.4, 0.5) is 0 Å². The molecule has 1 aromatic rings.